The number of nitrogens with one attached hydrogen (secondary N) is 1. The minimum Gasteiger partial charge on any atom is -0.478 e. The van der Waals surface area contributed by atoms with E-state index in [0.717, 1.165) is 0 Å². The van der Waals surface area contributed by atoms with Gasteiger partial charge in [-0.05, 0) is 19.1 Å². The van der Waals surface area contributed by atoms with Crippen LogP contribution in [0.25, 0.3) is 0 Å². The molecular weight excluding hydrogens is 256 g/mol. The zero-order chi connectivity index (χ0) is 13.3. The monoisotopic (exact) mass is 268 g/mol. The van der Waals surface area contributed by atoms with Crippen LogP contribution >= 0.6 is 11.6 Å². The smallest absolute Gasteiger partial charge is 0.339 e. The van der Waals surface area contributed by atoms with E-state index in [1.807, 2.05) is 0 Å². The fraction of sp³-hybridized carbons (Fsp3) is 0.333. The van der Waals surface area contributed by atoms with E-state index >= 15 is 0 Å². The minimum absolute atomic E-state index is 0.0423. The summed E-state index contributed by atoms with van der Waals surface area (Å²) in [5, 5.41) is 12.1. The van der Waals surface area contributed by atoms with Crippen molar-refractivity contribution in [3.8, 4) is 0 Å². The van der Waals surface area contributed by atoms with Gasteiger partial charge in [-0.25, -0.2) is 4.79 Å². The highest BCUT2D eigenvalue weighted by molar-refractivity contribution is 6.34. The van der Waals surface area contributed by atoms with E-state index in [4.69, 9.17) is 11.6 Å². The standard InChI is InChI=1S/C12H13ClN2O3/c1-7-11(16)14-5-6-15(7)9-4-2-3-8(13)10(9)12(17)18/h2-4,7H,5-6H2,1H3,(H,14,16)(H,17,18). The SMILES string of the molecule is CC1C(=O)NCCN1c1cccc(Cl)c1C(=O)O. The molecular formula is C12H13ClN2O3. The lowest BCUT2D eigenvalue weighted by Gasteiger charge is -2.35. The van der Waals surface area contributed by atoms with Gasteiger partial charge >= 0.3 is 5.97 Å². The lowest BCUT2D eigenvalue weighted by Crippen LogP contribution is -2.54. The third-order valence-electron chi connectivity index (χ3n) is 3.01. The Balaban J connectivity index is 2.47. The molecule has 1 aliphatic heterocycles. The lowest BCUT2D eigenvalue weighted by atomic mass is 10.1. The van der Waals surface area contributed by atoms with Crippen LogP contribution in [0.4, 0.5) is 5.69 Å². The maximum Gasteiger partial charge on any atom is 0.339 e. The molecule has 1 aliphatic rings. The van der Waals surface area contributed by atoms with Crippen molar-refractivity contribution >= 4 is 29.2 Å². The fourth-order valence-electron chi connectivity index (χ4n) is 2.08. The van der Waals surface area contributed by atoms with Gasteiger partial charge in [-0.2, -0.15) is 0 Å². The number of amides is 1. The highest BCUT2D eigenvalue weighted by Crippen LogP contribution is 2.29. The van der Waals surface area contributed by atoms with E-state index in [1.54, 1.807) is 24.0 Å². The lowest BCUT2D eigenvalue weighted by molar-refractivity contribution is -0.122. The summed E-state index contributed by atoms with van der Waals surface area (Å²) in [5.74, 6) is -1.20. The predicted octanol–water partition coefficient (Wildman–Crippen LogP) is 1.36. The van der Waals surface area contributed by atoms with Gasteiger partial charge in [0.1, 0.15) is 11.6 Å². The first-order chi connectivity index (χ1) is 8.52. The summed E-state index contributed by atoms with van der Waals surface area (Å²) in [5.41, 5.74) is 0.526. The van der Waals surface area contributed by atoms with E-state index in [9.17, 15) is 14.7 Å². The van der Waals surface area contributed by atoms with E-state index in [-0.39, 0.29) is 16.5 Å². The molecule has 1 heterocycles. The Morgan fingerprint density at radius 3 is 2.94 bits per heavy atom. The van der Waals surface area contributed by atoms with Crippen LogP contribution in [-0.4, -0.2) is 36.1 Å². The van der Waals surface area contributed by atoms with Gasteiger partial charge in [0.05, 0.1) is 10.7 Å². The first-order valence-electron chi connectivity index (χ1n) is 5.58. The average Bonchev–Trinajstić information content (AvgIpc) is 2.32. The Bertz CT molecular complexity index is 504. The highest BCUT2D eigenvalue weighted by atomic mass is 35.5. The number of hydrogen-bond acceptors (Lipinski definition) is 3. The van der Waals surface area contributed by atoms with E-state index in [0.29, 0.717) is 18.8 Å². The molecule has 6 heteroatoms. The van der Waals surface area contributed by atoms with Gasteiger partial charge in [0.15, 0.2) is 0 Å². The van der Waals surface area contributed by atoms with E-state index < -0.39 is 12.0 Å². The Labute approximate surface area is 109 Å². The third-order valence-corrected chi connectivity index (χ3v) is 3.33. The molecule has 1 aromatic carbocycles. The van der Waals surface area contributed by atoms with Crippen LogP contribution in [0.1, 0.15) is 17.3 Å². The molecule has 96 valence electrons. The van der Waals surface area contributed by atoms with Crippen molar-refractivity contribution < 1.29 is 14.7 Å². The number of benzene rings is 1. The third kappa shape index (κ3) is 2.13. The number of carboxylic acid groups (broad SMARTS) is 1. The van der Waals surface area contributed by atoms with Crippen molar-refractivity contribution in [2.75, 3.05) is 18.0 Å². The molecule has 18 heavy (non-hydrogen) atoms. The minimum atomic E-state index is -1.09. The second-order valence-corrected chi connectivity index (χ2v) is 4.51. The molecule has 0 radical (unpaired) electrons. The van der Waals surface area contributed by atoms with Gasteiger partial charge < -0.3 is 15.3 Å². The van der Waals surface area contributed by atoms with Crippen LogP contribution in [0.5, 0.6) is 0 Å². The number of piperazine rings is 1. The summed E-state index contributed by atoms with van der Waals surface area (Å²) >= 11 is 5.92. The van der Waals surface area contributed by atoms with Gasteiger partial charge in [-0.15, -0.1) is 0 Å². The highest BCUT2D eigenvalue weighted by Gasteiger charge is 2.29. The molecule has 0 spiro atoms. The number of aromatic carboxylic acids is 1. The number of carbonyl (C=O) groups is 2. The number of rotatable bonds is 2. The van der Waals surface area contributed by atoms with E-state index in [2.05, 4.69) is 5.32 Å². The van der Waals surface area contributed by atoms with Gasteiger partial charge in [0, 0.05) is 13.1 Å². The van der Waals surface area contributed by atoms with Crippen LogP contribution in [-0.2, 0) is 4.79 Å². The molecule has 2 rings (SSSR count). The quantitative estimate of drug-likeness (QED) is 0.850. The van der Waals surface area contributed by atoms with Crippen molar-refractivity contribution in [1.29, 1.82) is 0 Å². The molecule has 0 saturated carbocycles. The van der Waals surface area contributed by atoms with Gasteiger partial charge in [0.2, 0.25) is 5.91 Å². The Hall–Kier alpha value is -1.75. The largest absolute Gasteiger partial charge is 0.478 e. The zero-order valence-corrected chi connectivity index (χ0v) is 10.6. The predicted molar refractivity (Wildman–Crippen MR) is 68.2 cm³/mol. The number of anilines is 1. The Morgan fingerprint density at radius 1 is 1.56 bits per heavy atom. The van der Waals surface area contributed by atoms with Crippen LogP contribution in [0.3, 0.4) is 0 Å². The molecule has 0 aliphatic carbocycles. The Kier molecular flexibility index (Phi) is 3.43. The summed E-state index contributed by atoms with van der Waals surface area (Å²) in [6.45, 7) is 2.79. The van der Waals surface area contributed by atoms with Crippen LogP contribution < -0.4 is 10.2 Å². The van der Waals surface area contributed by atoms with Crippen molar-refractivity contribution in [1.82, 2.24) is 5.32 Å². The topological polar surface area (TPSA) is 69.6 Å². The summed E-state index contributed by atoms with van der Waals surface area (Å²) in [6.07, 6.45) is 0. The van der Waals surface area contributed by atoms with Crippen molar-refractivity contribution in [3.05, 3.63) is 28.8 Å². The second kappa shape index (κ2) is 4.86. The number of nitrogens with zero attached hydrogens (tertiary/aromatic N) is 1. The van der Waals surface area contributed by atoms with Gasteiger partial charge in [-0.1, -0.05) is 17.7 Å². The molecule has 2 N–H and O–H groups in total. The molecule has 1 unspecified atom stereocenters. The molecule has 1 aromatic rings. The molecule has 1 fully saturated rings. The van der Waals surface area contributed by atoms with Gasteiger partial charge in [0.25, 0.3) is 0 Å². The number of halogens is 1. The fourth-order valence-corrected chi connectivity index (χ4v) is 2.33. The second-order valence-electron chi connectivity index (χ2n) is 4.10. The van der Waals surface area contributed by atoms with Gasteiger partial charge in [-0.3, -0.25) is 4.79 Å². The van der Waals surface area contributed by atoms with Crippen molar-refractivity contribution in [2.45, 2.75) is 13.0 Å². The number of carboxylic acids is 1. The molecule has 0 aromatic heterocycles. The van der Waals surface area contributed by atoms with Crippen molar-refractivity contribution in [3.63, 3.8) is 0 Å². The first kappa shape index (κ1) is 12.7. The summed E-state index contributed by atoms with van der Waals surface area (Å²) in [6, 6.07) is 4.48. The van der Waals surface area contributed by atoms with Crippen LogP contribution in [0, 0.1) is 0 Å². The Morgan fingerprint density at radius 2 is 2.28 bits per heavy atom. The molecule has 5 nitrogen and oxygen atoms in total. The molecule has 1 atom stereocenters. The summed E-state index contributed by atoms with van der Waals surface area (Å²) in [4.78, 5) is 24.6. The van der Waals surface area contributed by atoms with Crippen LogP contribution in [0.2, 0.25) is 5.02 Å². The number of carbonyl (C=O) groups excluding carboxylic acids is 1. The maximum absolute atomic E-state index is 11.6. The van der Waals surface area contributed by atoms with Crippen LogP contribution in [0.15, 0.2) is 18.2 Å². The zero-order valence-electron chi connectivity index (χ0n) is 9.81. The molecule has 0 bridgehead atoms. The maximum atomic E-state index is 11.6. The normalized spacial score (nSPS) is 19.6. The summed E-state index contributed by atoms with van der Waals surface area (Å²) < 4.78 is 0. The number of hydrogen-bond donors (Lipinski definition) is 2. The molecule has 1 amide bonds. The molecule has 1 saturated heterocycles. The first-order valence-corrected chi connectivity index (χ1v) is 5.96. The van der Waals surface area contributed by atoms with E-state index in [1.165, 1.54) is 6.07 Å². The van der Waals surface area contributed by atoms with Crippen molar-refractivity contribution in [2.24, 2.45) is 0 Å². The summed E-state index contributed by atoms with van der Waals surface area (Å²) in [7, 11) is 0. The average molecular weight is 269 g/mol.